The van der Waals surface area contributed by atoms with Crippen molar-refractivity contribution in [2.45, 2.75) is 19.4 Å². The van der Waals surface area contributed by atoms with Crippen molar-refractivity contribution in [2.75, 3.05) is 6.26 Å². The summed E-state index contributed by atoms with van der Waals surface area (Å²) < 4.78 is 26.0. The molecule has 0 aliphatic heterocycles. The Hall–Kier alpha value is -2.42. The number of nitrogens with zero attached hydrogens (tertiary/aromatic N) is 2. The molecule has 0 unspecified atom stereocenters. The van der Waals surface area contributed by atoms with E-state index in [0.717, 1.165) is 11.8 Å². The number of rotatable bonds is 5. The fourth-order valence-electron chi connectivity index (χ4n) is 2.78. The summed E-state index contributed by atoms with van der Waals surface area (Å²) in [6, 6.07) is 8.46. The number of halogens is 1. The van der Waals surface area contributed by atoms with E-state index >= 15 is 0 Å². The molecular weight excluding hydrogens is 388 g/mol. The summed E-state index contributed by atoms with van der Waals surface area (Å²) in [5, 5.41) is 10.2. The summed E-state index contributed by atoms with van der Waals surface area (Å²) in [5.41, 5.74) is 1.73. The number of phenols is 1. The maximum absolute atomic E-state index is 11.7. The Morgan fingerprint density at radius 2 is 1.81 bits per heavy atom. The van der Waals surface area contributed by atoms with E-state index < -0.39 is 15.6 Å². The van der Waals surface area contributed by atoms with E-state index in [2.05, 4.69) is 19.7 Å². The van der Waals surface area contributed by atoms with Crippen LogP contribution in [0.5, 0.6) is 5.75 Å². The molecule has 0 amide bonds. The summed E-state index contributed by atoms with van der Waals surface area (Å²) in [6.45, 7) is 3.43. The zero-order valence-corrected chi connectivity index (χ0v) is 16.6. The average Bonchev–Trinajstić information content (AvgIpc) is 3.02. The van der Waals surface area contributed by atoms with Crippen LogP contribution in [0.4, 0.5) is 0 Å². The van der Waals surface area contributed by atoms with Crippen LogP contribution in [0.3, 0.4) is 0 Å². The number of phenolic OH excluding ortho intramolecular Hbond substituents is 1. The van der Waals surface area contributed by atoms with Crippen molar-refractivity contribution in [2.24, 2.45) is 0 Å². The quantitative estimate of drug-likeness (QED) is 0.602. The van der Waals surface area contributed by atoms with Crippen LogP contribution in [0.15, 0.2) is 42.7 Å². The van der Waals surface area contributed by atoms with Gasteiger partial charge in [-0.1, -0.05) is 17.7 Å². The number of aromatic hydroxyl groups is 1. The van der Waals surface area contributed by atoms with E-state index in [1.807, 2.05) is 12.1 Å². The molecule has 0 fully saturated rings. The second-order valence-corrected chi connectivity index (χ2v) is 8.87. The molecule has 27 heavy (non-hydrogen) atoms. The molecule has 142 valence electrons. The fraction of sp³-hybridized carbons (Fsp3) is 0.222. The normalized spacial score (nSPS) is 12.3. The molecular formula is C18H19ClN4O3S. The second kappa shape index (κ2) is 6.95. The number of nitrogens with one attached hydrogen (secondary N) is 2. The molecule has 3 N–H and O–H groups in total. The van der Waals surface area contributed by atoms with Gasteiger partial charge in [0.1, 0.15) is 11.6 Å². The summed E-state index contributed by atoms with van der Waals surface area (Å²) in [5.74, 6) is 0.372. The molecule has 2 heterocycles. The number of aromatic nitrogens is 3. The molecule has 0 bridgehead atoms. The minimum atomic E-state index is -3.45. The van der Waals surface area contributed by atoms with Crippen molar-refractivity contribution in [3.63, 3.8) is 0 Å². The van der Waals surface area contributed by atoms with E-state index in [4.69, 9.17) is 11.6 Å². The third-order valence-electron chi connectivity index (χ3n) is 3.92. The van der Waals surface area contributed by atoms with Gasteiger partial charge in [0, 0.05) is 23.5 Å². The smallest absolute Gasteiger partial charge is 0.209 e. The summed E-state index contributed by atoms with van der Waals surface area (Å²) >= 11 is 5.91. The standard InChI is InChI=1S/C18H19ClN4O3S/c1-18(2,23-27(3,25)26)17-21-15(11-6-8-20-9-7-11)16(22-17)12-4-5-13(19)14(24)10-12/h4-10,23-24H,1-3H3,(H,21,22). The molecule has 0 saturated carbocycles. The first kappa shape index (κ1) is 19.3. The predicted octanol–water partition coefficient (Wildman–Crippen LogP) is 3.28. The SMILES string of the molecule is CC(C)(NS(C)(=O)=O)c1nc(-c2ccc(Cl)c(O)c2)c(-c2ccncc2)[nH]1. The molecule has 1 aromatic carbocycles. The highest BCUT2D eigenvalue weighted by Gasteiger charge is 2.29. The number of aromatic amines is 1. The average molecular weight is 407 g/mol. The van der Waals surface area contributed by atoms with Gasteiger partial charge in [-0.25, -0.2) is 18.1 Å². The minimum Gasteiger partial charge on any atom is -0.506 e. The van der Waals surface area contributed by atoms with Crippen molar-refractivity contribution < 1.29 is 13.5 Å². The first-order valence-electron chi connectivity index (χ1n) is 8.05. The lowest BCUT2D eigenvalue weighted by Gasteiger charge is -2.22. The lowest BCUT2D eigenvalue weighted by Crippen LogP contribution is -2.41. The fourth-order valence-corrected chi connectivity index (χ4v) is 3.92. The van der Waals surface area contributed by atoms with E-state index in [1.54, 1.807) is 38.4 Å². The lowest BCUT2D eigenvalue weighted by molar-refractivity contribution is 0.453. The maximum atomic E-state index is 11.7. The Kier molecular flexibility index (Phi) is 4.98. The van der Waals surface area contributed by atoms with Crippen LogP contribution in [0.25, 0.3) is 22.5 Å². The van der Waals surface area contributed by atoms with Crippen LogP contribution in [0.1, 0.15) is 19.7 Å². The molecule has 2 aromatic heterocycles. The first-order chi connectivity index (χ1) is 12.6. The largest absolute Gasteiger partial charge is 0.506 e. The maximum Gasteiger partial charge on any atom is 0.209 e. The molecule has 0 radical (unpaired) electrons. The number of benzene rings is 1. The van der Waals surface area contributed by atoms with Crippen LogP contribution in [-0.2, 0) is 15.6 Å². The van der Waals surface area contributed by atoms with E-state index in [0.29, 0.717) is 22.8 Å². The number of hydrogen-bond acceptors (Lipinski definition) is 5. The molecule has 9 heteroatoms. The molecule has 0 spiro atoms. The van der Waals surface area contributed by atoms with Crippen molar-refractivity contribution >= 4 is 21.6 Å². The zero-order valence-electron chi connectivity index (χ0n) is 15.0. The van der Waals surface area contributed by atoms with Crippen molar-refractivity contribution in [1.82, 2.24) is 19.7 Å². The van der Waals surface area contributed by atoms with Gasteiger partial charge in [-0.05, 0) is 38.1 Å². The first-order valence-corrected chi connectivity index (χ1v) is 10.3. The van der Waals surface area contributed by atoms with Crippen LogP contribution >= 0.6 is 11.6 Å². The number of imidazole rings is 1. The van der Waals surface area contributed by atoms with Gasteiger partial charge in [0.25, 0.3) is 0 Å². The number of sulfonamides is 1. The molecule has 7 nitrogen and oxygen atoms in total. The van der Waals surface area contributed by atoms with Crippen LogP contribution in [-0.4, -0.2) is 34.7 Å². The van der Waals surface area contributed by atoms with Gasteiger partial charge in [0.2, 0.25) is 10.0 Å². The van der Waals surface area contributed by atoms with Crippen LogP contribution in [0, 0.1) is 0 Å². The van der Waals surface area contributed by atoms with Gasteiger partial charge in [-0.3, -0.25) is 4.98 Å². The topological polar surface area (TPSA) is 108 Å². The summed E-state index contributed by atoms with van der Waals surface area (Å²) in [4.78, 5) is 11.9. The van der Waals surface area contributed by atoms with Crippen molar-refractivity contribution in [3.8, 4) is 28.3 Å². The number of hydrogen-bond donors (Lipinski definition) is 3. The highest BCUT2D eigenvalue weighted by molar-refractivity contribution is 7.88. The Bertz CT molecular complexity index is 1080. The van der Waals surface area contributed by atoms with E-state index in [-0.39, 0.29) is 10.8 Å². The Labute approximate surface area is 162 Å². The van der Waals surface area contributed by atoms with Gasteiger partial charge >= 0.3 is 0 Å². The van der Waals surface area contributed by atoms with Crippen LogP contribution < -0.4 is 4.72 Å². The van der Waals surface area contributed by atoms with Gasteiger partial charge in [0.05, 0.1) is 28.2 Å². The van der Waals surface area contributed by atoms with E-state index in [1.165, 1.54) is 6.07 Å². The highest BCUT2D eigenvalue weighted by atomic mass is 35.5. The summed E-state index contributed by atoms with van der Waals surface area (Å²) in [6.07, 6.45) is 4.40. The Morgan fingerprint density at radius 1 is 1.15 bits per heavy atom. The van der Waals surface area contributed by atoms with E-state index in [9.17, 15) is 13.5 Å². The zero-order chi connectivity index (χ0) is 19.8. The van der Waals surface area contributed by atoms with Gasteiger partial charge in [0.15, 0.2) is 0 Å². The monoisotopic (exact) mass is 406 g/mol. The third-order valence-corrected chi connectivity index (χ3v) is 5.13. The van der Waals surface area contributed by atoms with Crippen molar-refractivity contribution in [1.29, 1.82) is 0 Å². The molecule has 0 aliphatic rings. The number of H-pyrrole nitrogens is 1. The lowest BCUT2D eigenvalue weighted by atomic mass is 10.1. The molecule has 0 aliphatic carbocycles. The highest BCUT2D eigenvalue weighted by Crippen LogP contribution is 2.35. The van der Waals surface area contributed by atoms with Crippen LogP contribution in [0.2, 0.25) is 5.02 Å². The Morgan fingerprint density at radius 3 is 2.41 bits per heavy atom. The molecule has 0 atom stereocenters. The van der Waals surface area contributed by atoms with Crippen molar-refractivity contribution in [3.05, 3.63) is 53.6 Å². The molecule has 3 aromatic rings. The third kappa shape index (κ3) is 4.29. The van der Waals surface area contributed by atoms with Gasteiger partial charge < -0.3 is 10.1 Å². The molecule has 0 saturated heterocycles. The minimum absolute atomic E-state index is 0.0621. The number of pyridine rings is 1. The van der Waals surface area contributed by atoms with Gasteiger partial charge in [-0.2, -0.15) is 0 Å². The second-order valence-electron chi connectivity index (χ2n) is 6.71. The molecule has 3 rings (SSSR count). The predicted molar refractivity (Wildman–Crippen MR) is 105 cm³/mol. The summed E-state index contributed by atoms with van der Waals surface area (Å²) in [7, 11) is -3.45. The Balaban J connectivity index is 2.19. The van der Waals surface area contributed by atoms with Gasteiger partial charge in [-0.15, -0.1) is 0 Å².